The van der Waals surface area contributed by atoms with Gasteiger partial charge >= 0.3 is 11.7 Å². The van der Waals surface area contributed by atoms with Gasteiger partial charge in [0.1, 0.15) is 18.1 Å². The molecule has 2 aliphatic heterocycles. The summed E-state index contributed by atoms with van der Waals surface area (Å²) in [5, 5.41) is 2.72. The first kappa shape index (κ1) is 23.1. The Bertz CT molecular complexity index is 1280. The zero-order valence-corrected chi connectivity index (χ0v) is 18.9. The quantitative estimate of drug-likeness (QED) is 0.505. The van der Waals surface area contributed by atoms with Crippen LogP contribution in [0.3, 0.4) is 0 Å². The molecule has 2 aliphatic rings. The molecular formula is C22H26N6O6. The number of nitrogens with two attached hydrogens (primary N) is 1. The maximum atomic E-state index is 13.4. The van der Waals surface area contributed by atoms with E-state index in [1.807, 2.05) is 6.92 Å². The Morgan fingerprint density at radius 1 is 1.24 bits per heavy atom. The molecule has 1 unspecified atom stereocenters. The summed E-state index contributed by atoms with van der Waals surface area (Å²) < 4.78 is 6.79. The molecule has 2 aromatic rings. The summed E-state index contributed by atoms with van der Waals surface area (Å²) in [5.74, 6) is -0.977. The van der Waals surface area contributed by atoms with Crippen LogP contribution in [-0.2, 0) is 21.7 Å². The summed E-state index contributed by atoms with van der Waals surface area (Å²) in [5.41, 5.74) is 3.53. The number of unbranched alkanes of at least 4 members (excludes halogenated alkanes) is 1. The summed E-state index contributed by atoms with van der Waals surface area (Å²) >= 11 is 0. The fourth-order valence-corrected chi connectivity index (χ4v) is 4.32. The molecule has 1 aromatic carbocycles. The number of anilines is 2. The van der Waals surface area contributed by atoms with Crippen molar-refractivity contribution in [1.82, 2.24) is 19.8 Å². The van der Waals surface area contributed by atoms with Gasteiger partial charge in [-0.05, 0) is 12.5 Å². The molecule has 180 valence electrons. The number of nitrogens with zero attached hydrogens (tertiary/aromatic N) is 3. The topological polar surface area (TPSA) is 160 Å². The second kappa shape index (κ2) is 8.69. The number of ether oxygens (including phenoxy) is 1. The molecule has 12 nitrogen and oxygen atoms in total. The molecule has 34 heavy (non-hydrogen) atoms. The zero-order chi connectivity index (χ0) is 24.6. The van der Waals surface area contributed by atoms with Gasteiger partial charge in [0.15, 0.2) is 11.2 Å². The Morgan fingerprint density at radius 2 is 1.97 bits per heavy atom. The Hall–Kier alpha value is -4.09. The van der Waals surface area contributed by atoms with Crippen LogP contribution in [0.4, 0.5) is 16.3 Å². The van der Waals surface area contributed by atoms with Crippen molar-refractivity contribution >= 4 is 29.4 Å². The number of carbonyl (C=O) groups excluding carboxylic acids is 3. The normalized spacial score (nSPS) is 19.1. The van der Waals surface area contributed by atoms with E-state index < -0.39 is 41.2 Å². The van der Waals surface area contributed by atoms with Crippen LogP contribution < -0.4 is 31.9 Å². The standard InChI is InChI=1S/C22H26N6O6/c1-3-4-10-27-17(23)16(18(30)24-20(27)32)26(2)15(29)12-28-19(31)22(25-21(28)33)9-11-34-14-8-6-5-7-13(14)22/h5-8H,3-4,9-12,23H2,1-2H3,(H,25,33)(H,24,30,32). The number of amides is 4. The van der Waals surface area contributed by atoms with Gasteiger partial charge in [0.2, 0.25) is 5.91 Å². The van der Waals surface area contributed by atoms with Gasteiger partial charge in [0.05, 0.1) is 6.61 Å². The van der Waals surface area contributed by atoms with Crippen molar-refractivity contribution in [2.24, 2.45) is 0 Å². The van der Waals surface area contributed by atoms with Crippen molar-refractivity contribution in [3.05, 3.63) is 50.7 Å². The molecule has 0 aliphatic carbocycles. The summed E-state index contributed by atoms with van der Waals surface area (Å²) in [6.07, 6.45) is 1.64. The number of nitrogen functional groups attached to an aromatic ring is 1. The van der Waals surface area contributed by atoms with E-state index in [1.54, 1.807) is 24.3 Å². The van der Waals surface area contributed by atoms with Crippen molar-refractivity contribution in [3.8, 4) is 5.75 Å². The van der Waals surface area contributed by atoms with E-state index in [4.69, 9.17) is 10.5 Å². The van der Waals surface area contributed by atoms with Gasteiger partial charge in [-0.3, -0.25) is 28.8 Å². The minimum Gasteiger partial charge on any atom is -0.493 e. The number of H-pyrrole nitrogens is 1. The smallest absolute Gasteiger partial charge is 0.330 e. The molecule has 3 heterocycles. The SMILES string of the molecule is CCCCn1c(N)c(N(C)C(=O)CN2C(=O)NC3(CCOc4ccccc43)C2=O)c(=O)[nH]c1=O. The number of aromatic nitrogens is 2. The third-order valence-corrected chi connectivity index (χ3v) is 6.21. The van der Waals surface area contributed by atoms with Gasteiger partial charge in [-0.25, -0.2) is 9.59 Å². The van der Waals surface area contributed by atoms with Gasteiger partial charge in [-0.15, -0.1) is 0 Å². The third kappa shape index (κ3) is 3.60. The van der Waals surface area contributed by atoms with Crippen LogP contribution in [0.5, 0.6) is 5.75 Å². The van der Waals surface area contributed by atoms with Gasteiger partial charge in [-0.1, -0.05) is 31.5 Å². The van der Waals surface area contributed by atoms with Gasteiger partial charge in [0.25, 0.3) is 11.5 Å². The molecule has 1 atom stereocenters. The van der Waals surface area contributed by atoms with Crippen LogP contribution in [0.25, 0.3) is 0 Å². The Kier molecular flexibility index (Phi) is 5.90. The van der Waals surface area contributed by atoms with E-state index in [1.165, 1.54) is 11.6 Å². The molecule has 12 heteroatoms. The lowest BCUT2D eigenvalue weighted by Crippen LogP contribution is -2.48. The predicted octanol–water partition coefficient (Wildman–Crippen LogP) is 0.112. The predicted molar refractivity (Wildman–Crippen MR) is 123 cm³/mol. The molecule has 4 N–H and O–H groups in total. The number of para-hydroxylation sites is 1. The Morgan fingerprint density at radius 3 is 2.71 bits per heavy atom. The molecule has 0 saturated carbocycles. The molecule has 0 radical (unpaired) electrons. The second-order valence-electron chi connectivity index (χ2n) is 8.27. The molecule has 4 rings (SSSR count). The number of nitrogens with one attached hydrogen (secondary N) is 2. The van der Waals surface area contributed by atoms with Gasteiger partial charge in [0, 0.05) is 25.6 Å². The summed E-state index contributed by atoms with van der Waals surface area (Å²) in [4.78, 5) is 67.8. The first-order chi connectivity index (χ1) is 16.2. The van der Waals surface area contributed by atoms with Crippen LogP contribution in [0.2, 0.25) is 0 Å². The van der Waals surface area contributed by atoms with Crippen LogP contribution >= 0.6 is 0 Å². The number of fused-ring (bicyclic) bond motifs is 2. The highest BCUT2D eigenvalue weighted by Gasteiger charge is 2.55. The third-order valence-electron chi connectivity index (χ3n) is 6.21. The zero-order valence-electron chi connectivity index (χ0n) is 18.9. The van der Waals surface area contributed by atoms with Gasteiger partial charge < -0.3 is 20.7 Å². The number of hydrogen-bond donors (Lipinski definition) is 3. The highest BCUT2D eigenvalue weighted by Crippen LogP contribution is 2.40. The van der Waals surface area contributed by atoms with E-state index in [2.05, 4.69) is 10.3 Å². The monoisotopic (exact) mass is 470 g/mol. The van der Waals surface area contributed by atoms with Crippen LogP contribution in [-0.4, -0.2) is 52.5 Å². The minimum absolute atomic E-state index is 0.162. The number of urea groups is 1. The van der Waals surface area contributed by atoms with E-state index in [-0.39, 0.29) is 31.1 Å². The number of benzene rings is 1. The van der Waals surface area contributed by atoms with E-state index >= 15 is 0 Å². The molecule has 1 saturated heterocycles. The van der Waals surface area contributed by atoms with Crippen molar-refractivity contribution in [2.45, 2.75) is 38.3 Å². The lowest BCUT2D eigenvalue weighted by molar-refractivity contribution is -0.135. The highest BCUT2D eigenvalue weighted by molar-refractivity contribution is 6.11. The molecule has 4 amide bonds. The second-order valence-corrected chi connectivity index (χ2v) is 8.27. The molecule has 1 spiro atoms. The summed E-state index contributed by atoms with van der Waals surface area (Å²) in [7, 11) is 1.30. The number of imide groups is 1. The number of likely N-dealkylation sites (N-methyl/N-ethyl adjacent to an activating group) is 1. The maximum Gasteiger partial charge on any atom is 0.330 e. The number of carbonyl (C=O) groups is 3. The highest BCUT2D eigenvalue weighted by atomic mass is 16.5. The lowest BCUT2D eigenvalue weighted by Gasteiger charge is -2.33. The molecule has 1 aromatic heterocycles. The molecule has 0 bridgehead atoms. The fraction of sp³-hybridized carbons (Fsp3) is 0.409. The van der Waals surface area contributed by atoms with Crippen molar-refractivity contribution in [3.63, 3.8) is 0 Å². The fourth-order valence-electron chi connectivity index (χ4n) is 4.32. The minimum atomic E-state index is -1.32. The van der Waals surface area contributed by atoms with E-state index in [0.717, 1.165) is 16.2 Å². The van der Waals surface area contributed by atoms with Crippen LogP contribution in [0, 0.1) is 0 Å². The number of hydrogen-bond acceptors (Lipinski definition) is 7. The first-order valence-electron chi connectivity index (χ1n) is 11.0. The van der Waals surface area contributed by atoms with E-state index in [9.17, 15) is 24.0 Å². The first-order valence-corrected chi connectivity index (χ1v) is 11.0. The largest absolute Gasteiger partial charge is 0.493 e. The Balaban J connectivity index is 1.61. The van der Waals surface area contributed by atoms with Crippen molar-refractivity contribution in [1.29, 1.82) is 0 Å². The Labute approximate surface area is 194 Å². The summed E-state index contributed by atoms with van der Waals surface area (Å²) in [6.45, 7) is 1.81. The number of aromatic amines is 1. The number of rotatable bonds is 6. The van der Waals surface area contributed by atoms with Gasteiger partial charge in [-0.2, -0.15) is 0 Å². The van der Waals surface area contributed by atoms with Crippen LogP contribution in [0.1, 0.15) is 31.7 Å². The average molecular weight is 470 g/mol. The lowest BCUT2D eigenvalue weighted by atomic mass is 9.84. The average Bonchev–Trinajstić information content (AvgIpc) is 3.03. The van der Waals surface area contributed by atoms with E-state index in [0.29, 0.717) is 17.7 Å². The molecule has 1 fully saturated rings. The van der Waals surface area contributed by atoms with Crippen LogP contribution in [0.15, 0.2) is 33.9 Å². The van der Waals surface area contributed by atoms with Crippen molar-refractivity contribution in [2.75, 3.05) is 30.8 Å². The maximum absolute atomic E-state index is 13.4. The summed E-state index contributed by atoms with van der Waals surface area (Å²) in [6, 6.07) is 6.18. The van der Waals surface area contributed by atoms with Crippen molar-refractivity contribution < 1.29 is 19.1 Å². The molecular weight excluding hydrogens is 444 g/mol.